The van der Waals surface area contributed by atoms with Gasteiger partial charge in [-0.15, -0.1) is 0 Å². The van der Waals surface area contributed by atoms with Crippen molar-refractivity contribution in [2.24, 2.45) is 5.92 Å². The molecule has 0 atom stereocenters. The molecule has 0 saturated carbocycles. The molecule has 0 N–H and O–H groups in total. The second-order valence-electron chi connectivity index (χ2n) is 4.00. The van der Waals surface area contributed by atoms with E-state index in [-0.39, 0.29) is 11.9 Å². The Bertz CT molecular complexity index is 263. The van der Waals surface area contributed by atoms with Crippen LogP contribution in [0.4, 0.5) is 0 Å². The average molecular weight is 243 g/mol. The summed E-state index contributed by atoms with van der Waals surface area (Å²) in [7, 11) is 1.87. The average Bonchev–Trinajstić information content (AvgIpc) is 2.28. The number of rotatable bonds is 8. The van der Waals surface area contributed by atoms with E-state index in [4.69, 9.17) is 9.47 Å². The molecule has 0 spiro atoms. The molecule has 0 aliphatic rings. The summed E-state index contributed by atoms with van der Waals surface area (Å²) in [6.45, 7) is 8.75. The predicted molar refractivity (Wildman–Crippen MR) is 64.5 cm³/mol. The topological polar surface area (TPSA) is 55.8 Å². The number of likely N-dealkylation sites (N-methyl/N-ethyl adjacent to an activating group) is 1. The summed E-state index contributed by atoms with van der Waals surface area (Å²) < 4.78 is 9.84. The van der Waals surface area contributed by atoms with Crippen molar-refractivity contribution in [1.29, 1.82) is 0 Å². The zero-order valence-electron chi connectivity index (χ0n) is 10.8. The molecule has 0 radical (unpaired) electrons. The molecule has 0 fully saturated rings. The third-order valence-electron chi connectivity index (χ3n) is 2.07. The Kier molecular flexibility index (Phi) is 8.05. The zero-order valence-corrected chi connectivity index (χ0v) is 10.8. The number of nitrogens with zero attached hydrogens (tertiary/aromatic N) is 1. The summed E-state index contributed by atoms with van der Waals surface area (Å²) in [6.07, 6.45) is 1.13. The maximum atomic E-state index is 11.1. The highest BCUT2D eigenvalue weighted by atomic mass is 16.5. The fraction of sp³-hybridized carbons (Fsp3) is 0.667. The lowest BCUT2D eigenvalue weighted by molar-refractivity contribution is -0.147. The molecule has 98 valence electrons. The molecule has 0 aromatic rings. The highest BCUT2D eigenvalue weighted by Crippen LogP contribution is 1.95. The number of ether oxygens (including phenoxy) is 2. The Balaban J connectivity index is 3.53. The molecule has 0 aliphatic carbocycles. The van der Waals surface area contributed by atoms with Crippen molar-refractivity contribution in [3.05, 3.63) is 12.7 Å². The Morgan fingerprint density at radius 2 is 1.76 bits per heavy atom. The van der Waals surface area contributed by atoms with Crippen LogP contribution < -0.4 is 0 Å². The summed E-state index contributed by atoms with van der Waals surface area (Å²) in [5.41, 5.74) is 0. The number of esters is 2. The predicted octanol–water partition coefficient (Wildman–Crippen LogP) is 0.847. The van der Waals surface area contributed by atoms with Gasteiger partial charge in [-0.1, -0.05) is 20.4 Å². The number of carbonyl (C=O) groups is 2. The highest BCUT2D eigenvalue weighted by molar-refractivity contribution is 5.81. The molecule has 5 nitrogen and oxygen atoms in total. The van der Waals surface area contributed by atoms with Crippen LogP contribution in [0.1, 0.15) is 13.8 Å². The Morgan fingerprint density at radius 3 is 2.24 bits per heavy atom. The standard InChI is InChI=1S/C12H21NO4/c1-5-11(14)16-8-6-13(4)7-9-17-12(15)10(2)3/h5,10H,1,6-9H2,2-4H3. The van der Waals surface area contributed by atoms with Gasteiger partial charge in [0.25, 0.3) is 0 Å². The molecule has 0 saturated heterocycles. The van der Waals surface area contributed by atoms with Crippen LogP contribution in [0.2, 0.25) is 0 Å². The van der Waals surface area contributed by atoms with Crippen LogP contribution in [0.5, 0.6) is 0 Å². The third kappa shape index (κ3) is 8.45. The van der Waals surface area contributed by atoms with Gasteiger partial charge in [-0.05, 0) is 7.05 Å². The minimum absolute atomic E-state index is 0.103. The molecular weight excluding hydrogens is 222 g/mol. The fourth-order valence-electron chi connectivity index (χ4n) is 0.942. The summed E-state index contributed by atoms with van der Waals surface area (Å²) in [4.78, 5) is 23.8. The second-order valence-corrected chi connectivity index (χ2v) is 4.00. The molecule has 0 rings (SSSR count). The minimum Gasteiger partial charge on any atom is -0.464 e. The number of hydrogen-bond acceptors (Lipinski definition) is 5. The van der Waals surface area contributed by atoms with E-state index in [1.165, 1.54) is 0 Å². The Morgan fingerprint density at radius 1 is 1.24 bits per heavy atom. The van der Waals surface area contributed by atoms with Crippen molar-refractivity contribution in [2.75, 3.05) is 33.4 Å². The molecular formula is C12H21NO4. The fourth-order valence-corrected chi connectivity index (χ4v) is 0.942. The van der Waals surface area contributed by atoms with E-state index in [2.05, 4.69) is 6.58 Å². The van der Waals surface area contributed by atoms with Crippen molar-refractivity contribution in [3.8, 4) is 0 Å². The van der Waals surface area contributed by atoms with Crippen LogP contribution in [0, 0.1) is 5.92 Å². The van der Waals surface area contributed by atoms with Gasteiger partial charge in [-0.25, -0.2) is 4.79 Å². The molecule has 5 heteroatoms. The lowest BCUT2D eigenvalue weighted by Gasteiger charge is -2.16. The summed E-state index contributed by atoms with van der Waals surface area (Å²) >= 11 is 0. The van der Waals surface area contributed by atoms with Crippen molar-refractivity contribution >= 4 is 11.9 Å². The van der Waals surface area contributed by atoms with E-state index < -0.39 is 5.97 Å². The van der Waals surface area contributed by atoms with Crippen molar-refractivity contribution < 1.29 is 19.1 Å². The van der Waals surface area contributed by atoms with Gasteiger partial charge in [0.1, 0.15) is 13.2 Å². The van der Waals surface area contributed by atoms with Crippen LogP contribution in [0.15, 0.2) is 12.7 Å². The highest BCUT2D eigenvalue weighted by Gasteiger charge is 2.08. The summed E-state index contributed by atoms with van der Waals surface area (Å²) in [5, 5.41) is 0. The van der Waals surface area contributed by atoms with Crippen molar-refractivity contribution in [2.45, 2.75) is 13.8 Å². The maximum Gasteiger partial charge on any atom is 0.330 e. The molecule has 0 aromatic heterocycles. The third-order valence-corrected chi connectivity index (χ3v) is 2.07. The lowest BCUT2D eigenvalue weighted by atomic mass is 10.2. The van der Waals surface area contributed by atoms with E-state index in [1.807, 2.05) is 11.9 Å². The van der Waals surface area contributed by atoms with E-state index in [0.717, 1.165) is 6.08 Å². The summed E-state index contributed by atoms with van der Waals surface area (Å²) in [6, 6.07) is 0. The van der Waals surface area contributed by atoms with Gasteiger partial charge in [0.05, 0.1) is 5.92 Å². The molecule has 0 amide bonds. The second kappa shape index (κ2) is 8.75. The first-order chi connectivity index (χ1) is 7.97. The molecule has 17 heavy (non-hydrogen) atoms. The Hall–Kier alpha value is -1.36. The quantitative estimate of drug-likeness (QED) is 0.467. The Labute approximate surface area is 102 Å². The lowest BCUT2D eigenvalue weighted by Crippen LogP contribution is -2.29. The van der Waals surface area contributed by atoms with Crippen molar-refractivity contribution in [1.82, 2.24) is 4.90 Å². The largest absolute Gasteiger partial charge is 0.464 e. The van der Waals surface area contributed by atoms with Crippen LogP contribution in [0.3, 0.4) is 0 Å². The monoisotopic (exact) mass is 243 g/mol. The van der Waals surface area contributed by atoms with Gasteiger partial charge in [0.2, 0.25) is 0 Å². The molecule has 0 aromatic carbocycles. The molecule has 0 heterocycles. The van der Waals surface area contributed by atoms with E-state index in [0.29, 0.717) is 26.3 Å². The van der Waals surface area contributed by atoms with Crippen LogP contribution >= 0.6 is 0 Å². The minimum atomic E-state index is -0.426. The van der Waals surface area contributed by atoms with Gasteiger partial charge in [0.15, 0.2) is 0 Å². The smallest absolute Gasteiger partial charge is 0.330 e. The van der Waals surface area contributed by atoms with Crippen molar-refractivity contribution in [3.63, 3.8) is 0 Å². The van der Waals surface area contributed by atoms with Gasteiger partial charge in [-0.2, -0.15) is 0 Å². The van der Waals surface area contributed by atoms with E-state index in [9.17, 15) is 9.59 Å². The number of carbonyl (C=O) groups excluding carboxylic acids is 2. The van der Waals surface area contributed by atoms with Gasteiger partial charge in [0, 0.05) is 19.2 Å². The van der Waals surface area contributed by atoms with Gasteiger partial charge >= 0.3 is 11.9 Å². The first kappa shape index (κ1) is 15.6. The van der Waals surface area contributed by atoms with Crippen LogP contribution in [-0.4, -0.2) is 50.2 Å². The van der Waals surface area contributed by atoms with Gasteiger partial charge in [-0.3, -0.25) is 9.69 Å². The maximum absolute atomic E-state index is 11.1. The van der Waals surface area contributed by atoms with Gasteiger partial charge < -0.3 is 9.47 Å². The molecule has 0 aliphatic heterocycles. The van der Waals surface area contributed by atoms with Crippen LogP contribution in [0.25, 0.3) is 0 Å². The molecule has 0 unspecified atom stereocenters. The summed E-state index contributed by atoms with van der Waals surface area (Å²) in [5.74, 6) is -0.727. The first-order valence-corrected chi connectivity index (χ1v) is 5.61. The van der Waals surface area contributed by atoms with Crippen LogP contribution in [-0.2, 0) is 19.1 Å². The normalized spacial score (nSPS) is 10.4. The number of hydrogen-bond donors (Lipinski definition) is 0. The SMILES string of the molecule is C=CC(=O)OCCN(C)CCOC(=O)C(C)C. The zero-order chi connectivity index (χ0) is 13.3. The van der Waals surface area contributed by atoms with E-state index >= 15 is 0 Å². The first-order valence-electron chi connectivity index (χ1n) is 5.61. The van der Waals surface area contributed by atoms with E-state index in [1.54, 1.807) is 13.8 Å². The molecule has 0 bridgehead atoms.